The molecule has 0 N–H and O–H groups in total. The first kappa shape index (κ1) is 9.76. The van der Waals surface area contributed by atoms with Crippen LogP contribution >= 0.6 is 0 Å². The van der Waals surface area contributed by atoms with Crippen molar-refractivity contribution in [2.24, 2.45) is 0 Å². The van der Waals surface area contributed by atoms with Gasteiger partial charge in [-0.1, -0.05) is 45.9 Å². The molecule has 0 atom stereocenters. The normalized spacial score (nSPS) is 22.1. The van der Waals surface area contributed by atoms with Gasteiger partial charge in [0.15, 0.2) is 0 Å². The first-order valence-corrected chi connectivity index (χ1v) is 5.45. The lowest BCUT2D eigenvalue weighted by molar-refractivity contribution is 0.402. The number of fused-ring (bicyclic) bond motifs is 1. The van der Waals surface area contributed by atoms with E-state index in [0.717, 1.165) is 0 Å². The Hall–Kier alpha value is -0.780. The van der Waals surface area contributed by atoms with E-state index in [0.29, 0.717) is 10.8 Å². The summed E-state index contributed by atoms with van der Waals surface area (Å²) >= 11 is 0. The van der Waals surface area contributed by atoms with Crippen molar-refractivity contribution in [1.82, 2.24) is 0 Å². The topological polar surface area (TPSA) is 0 Å². The summed E-state index contributed by atoms with van der Waals surface area (Å²) in [7, 11) is 0. The Kier molecular flexibility index (Phi) is 1.83. The highest BCUT2D eigenvalue weighted by Gasteiger charge is 2.42. The van der Waals surface area contributed by atoms with Crippen LogP contribution in [0.4, 0.5) is 0 Å². The summed E-state index contributed by atoms with van der Waals surface area (Å²) in [5, 5.41) is 0. The predicted molar refractivity (Wildman–Crippen MR) is 61.8 cm³/mol. The molecular weight excluding hydrogens is 168 g/mol. The Morgan fingerprint density at radius 1 is 1.00 bits per heavy atom. The molecule has 0 saturated heterocycles. The van der Waals surface area contributed by atoms with Gasteiger partial charge in [0.25, 0.3) is 0 Å². The predicted octanol–water partition coefficient (Wildman–Crippen LogP) is 3.95. The van der Waals surface area contributed by atoms with Gasteiger partial charge in [-0.05, 0) is 40.9 Å². The van der Waals surface area contributed by atoms with Crippen LogP contribution < -0.4 is 0 Å². The molecule has 0 saturated carbocycles. The highest BCUT2D eigenvalue weighted by Crippen LogP contribution is 2.50. The van der Waals surface area contributed by atoms with Crippen LogP contribution in [0.15, 0.2) is 18.2 Å². The minimum atomic E-state index is 0.351. The van der Waals surface area contributed by atoms with Gasteiger partial charge in [0.1, 0.15) is 0 Å². The molecule has 1 aromatic rings. The molecule has 0 heteroatoms. The molecule has 0 radical (unpaired) electrons. The third kappa shape index (κ3) is 1.20. The van der Waals surface area contributed by atoms with E-state index in [1.807, 2.05) is 0 Å². The average Bonchev–Trinajstić information content (AvgIpc) is 2.18. The van der Waals surface area contributed by atoms with E-state index in [4.69, 9.17) is 0 Å². The summed E-state index contributed by atoms with van der Waals surface area (Å²) in [6, 6.07) is 6.73. The third-order valence-corrected chi connectivity index (χ3v) is 3.56. The third-order valence-electron chi connectivity index (χ3n) is 3.56. The smallest absolute Gasteiger partial charge is 0.00897 e. The van der Waals surface area contributed by atoms with Crippen molar-refractivity contribution in [3.63, 3.8) is 0 Å². The van der Waals surface area contributed by atoms with Crippen LogP contribution in [0.5, 0.6) is 0 Å². The van der Waals surface area contributed by atoms with E-state index in [9.17, 15) is 0 Å². The lowest BCUT2D eigenvalue weighted by Crippen LogP contribution is -2.18. The van der Waals surface area contributed by atoms with E-state index >= 15 is 0 Å². The quantitative estimate of drug-likeness (QED) is 0.578. The van der Waals surface area contributed by atoms with Crippen molar-refractivity contribution in [2.75, 3.05) is 0 Å². The molecular formula is C14H20. The van der Waals surface area contributed by atoms with Crippen LogP contribution in [0.1, 0.15) is 50.8 Å². The van der Waals surface area contributed by atoms with E-state index < -0.39 is 0 Å². The Balaban J connectivity index is 2.72. The minimum Gasteiger partial charge on any atom is -0.0617 e. The van der Waals surface area contributed by atoms with Gasteiger partial charge in [-0.25, -0.2) is 0 Å². The van der Waals surface area contributed by atoms with Gasteiger partial charge in [0, 0.05) is 0 Å². The number of hydrogen-bond acceptors (Lipinski definition) is 0. The summed E-state index contributed by atoms with van der Waals surface area (Å²) in [4.78, 5) is 0. The Morgan fingerprint density at radius 3 is 2.21 bits per heavy atom. The number of aryl methyl sites for hydroxylation is 1. The fourth-order valence-corrected chi connectivity index (χ4v) is 3.42. The van der Waals surface area contributed by atoms with Crippen LogP contribution in [0.25, 0.3) is 0 Å². The fraction of sp³-hybridized carbons (Fsp3) is 0.571. The highest BCUT2D eigenvalue weighted by molar-refractivity contribution is 5.48. The lowest BCUT2D eigenvalue weighted by atomic mass is 9.81. The van der Waals surface area contributed by atoms with Crippen molar-refractivity contribution >= 4 is 0 Å². The molecule has 0 aromatic heterocycles. The van der Waals surface area contributed by atoms with Crippen LogP contribution in [-0.2, 0) is 10.8 Å². The largest absolute Gasteiger partial charge is 0.0617 e. The molecule has 1 aromatic carbocycles. The van der Waals surface area contributed by atoms with Gasteiger partial charge in [0.05, 0.1) is 0 Å². The number of hydrogen-bond donors (Lipinski definition) is 0. The second kappa shape index (κ2) is 2.62. The molecule has 0 fully saturated rings. The average molecular weight is 188 g/mol. The molecule has 1 aliphatic rings. The van der Waals surface area contributed by atoms with Crippen LogP contribution in [-0.4, -0.2) is 0 Å². The molecule has 14 heavy (non-hydrogen) atoms. The number of rotatable bonds is 0. The minimum absolute atomic E-state index is 0.351. The van der Waals surface area contributed by atoms with Gasteiger partial charge in [-0.2, -0.15) is 0 Å². The fourth-order valence-electron chi connectivity index (χ4n) is 3.42. The van der Waals surface area contributed by atoms with Crippen molar-refractivity contribution in [2.45, 2.75) is 51.9 Å². The lowest BCUT2D eigenvalue weighted by Gasteiger charge is -2.23. The van der Waals surface area contributed by atoms with Crippen LogP contribution in [0.3, 0.4) is 0 Å². The summed E-state index contributed by atoms with van der Waals surface area (Å²) in [5.41, 5.74) is 5.31. The maximum atomic E-state index is 2.37. The van der Waals surface area contributed by atoms with Crippen molar-refractivity contribution in [3.8, 4) is 0 Å². The zero-order chi connectivity index (χ0) is 10.6. The Morgan fingerprint density at radius 2 is 1.64 bits per heavy atom. The van der Waals surface area contributed by atoms with Crippen molar-refractivity contribution in [3.05, 3.63) is 34.9 Å². The van der Waals surface area contributed by atoms with Gasteiger partial charge in [-0.3, -0.25) is 0 Å². The van der Waals surface area contributed by atoms with Crippen LogP contribution in [0, 0.1) is 6.92 Å². The summed E-state index contributed by atoms with van der Waals surface area (Å²) in [6.45, 7) is 11.7. The SMILES string of the molecule is Cc1cccc2c1C(C)(C)CC2(C)C. The Labute approximate surface area is 87.3 Å². The summed E-state index contributed by atoms with van der Waals surface area (Å²) in [6.07, 6.45) is 1.26. The zero-order valence-electron chi connectivity index (χ0n) is 9.94. The molecule has 0 spiro atoms. The molecule has 0 nitrogen and oxygen atoms in total. The summed E-state index contributed by atoms with van der Waals surface area (Å²) < 4.78 is 0. The van der Waals surface area contributed by atoms with Crippen LogP contribution in [0.2, 0.25) is 0 Å². The highest BCUT2D eigenvalue weighted by atomic mass is 14.5. The monoisotopic (exact) mass is 188 g/mol. The molecule has 0 bridgehead atoms. The van der Waals surface area contributed by atoms with Gasteiger partial charge in [0.2, 0.25) is 0 Å². The van der Waals surface area contributed by atoms with Gasteiger partial charge >= 0.3 is 0 Å². The van der Waals surface area contributed by atoms with Crippen molar-refractivity contribution in [1.29, 1.82) is 0 Å². The second-order valence-electron chi connectivity index (χ2n) is 5.94. The van der Waals surface area contributed by atoms with E-state index in [2.05, 4.69) is 52.8 Å². The standard InChI is InChI=1S/C14H20/c1-10-7-6-8-11-12(10)14(4,5)9-13(11,2)3/h6-8H,9H2,1-5H3. The van der Waals surface area contributed by atoms with E-state index in [-0.39, 0.29) is 0 Å². The Bertz CT molecular complexity index is 370. The van der Waals surface area contributed by atoms with E-state index in [1.54, 1.807) is 11.1 Å². The van der Waals surface area contributed by atoms with Crippen molar-refractivity contribution < 1.29 is 0 Å². The van der Waals surface area contributed by atoms with Gasteiger partial charge < -0.3 is 0 Å². The molecule has 2 rings (SSSR count). The molecule has 76 valence electrons. The molecule has 0 unspecified atom stereocenters. The summed E-state index contributed by atoms with van der Waals surface area (Å²) in [5.74, 6) is 0. The molecule has 0 amide bonds. The maximum absolute atomic E-state index is 2.37. The van der Waals surface area contributed by atoms with E-state index in [1.165, 1.54) is 12.0 Å². The molecule has 0 aliphatic heterocycles. The first-order chi connectivity index (χ1) is 6.34. The maximum Gasteiger partial charge on any atom is -0.00897 e. The van der Waals surface area contributed by atoms with Gasteiger partial charge in [-0.15, -0.1) is 0 Å². The second-order valence-corrected chi connectivity index (χ2v) is 5.94. The first-order valence-electron chi connectivity index (χ1n) is 5.45. The molecule has 1 aliphatic carbocycles. The number of benzene rings is 1. The zero-order valence-corrected chi connectivity index (χ0v) is 9.94. The molecule has 0 heterocycles.